The number of carboxylic acids is 1. The third-order valence-electron chi connectivity index (χ3n) is 4.06. The summed E-state index contributed by atoms with van der Waals surface area (Å²) in [5.41, 5.74) is 1.12. The molecule has 0 aliphatic heterocycles. The highest BCUT2D eigenvalue weighted by atomic mass is 19.2. The van der Waals surface area contributed by atoms with E-state index in [1.54, 1.807) is 20.8 Å². The van der Waals surface area contributed by atoms with Crippen LogP contribution in [0.1, 0.15) is 57.5 Å². The number of carboxylic acid groups (broad SMARTS) is 1. The third-order valence-corrected chi connectivity index (χ3v) is 4.06. The van der Waals surface area contributed by atoms with Gasteiger partial charge in [0, 0.05) is 12.4 Å². The van der Waals surface area contributed by atoms with Crippen molar-refractivity contribution in [2.45, 2.75) is 51.7 Å². The highest BCUT2D eigenvalue weighted by molar-refractivity contribution is 5.84. The van der Waals surface area contributed by atoms with Gasteiger partial charge in [0.15, 0.2) is 11.6 Å². The molecule has 9 heteroatoms. The lowest BCUT2D eigenvalue weighted by molar-refractivity contribution is -0.135. The molecule has 1 aromatic heterocycles. The zero-order chi connectivity index (χ0) is 25.0. The molecule has 0 bridgehead atoms. The highest BCUT2D eigenvalue weighted by Crippen LogP contribution is 2.30. The Morgan fingerprint density at radius 2 is 1.73 bits per heavy atom. The number of amides is 1. The fourth-order valence-corrected chi connectivity index (χ4v) is 2.86. The van der Waals surface area contributed by atoms with Crippen molar-refractivity contribution in [2.24, 2.45) is 0 Å². The van der Waals surface area contributed by atoms with E-state index in [1.165, 1.54) is 24.5 Å². The van der Waals surface area contributed by atoms with E-state index in [0.29, 0.717) is 29.8 Å². The number of hydrogen-bond acceptors (Lipinski definition) is 5. The minimum atomic E-state index is -0.925. The van der Waals surface area contributed by atoms with Crippen LogP contribution in [0, 0.1) is 24.5 Å². The number of allylic oxidation sites excluding steroid dienone is 1. The van der Waals surface area contributed by atoms with Gasteiger partial charge in [-0.15, -0.1) is 12.8 Å². The molecule has 176 valence electrons. The van der Waals surface area contributed by atoms with Gasteiger partial charge in [-0.05, 0) is 51.3 Å². The van der Waals surface area contributed by atoms with Crippen LogP contribution in [0.3, 0.4) is 0 Å². The molecule has 2 N–H and O–H groups in total. The smallest absolute Gasteiger partial charge is 0.408 e. The van der Waals surface area contributed by atoms with Crippen molar-refractivity contribution >= 4 is 17.6 Å². The van der Waals surface area contributed by atoms with Gasteiger partial charge in [-0.3, -0.25) is 14.8 Å². The van der Waals surface area contributed by atoms with E-state index >= 15 is 0 Å². The molecule has 3 rings (SSSR count). The molecule has 2 aromatic rings. The van der Waals surface area contributed by atoms with E-state index in [0.717, 1.165) is 12.1 Å². The van der Waals surface area contributed by atoms with Crippen LogP contribution in [0.4, 0.5) is 13.6 Å². The van der Waals surface area contributed by atoms with Crippen molar-refractivity contribution in [3.05, 3.63) is 65.8 Å². The van der Waals surface area contributed by atoms with Gasteiger partial charge in [0.25, 0.3) is 0 Å². The summed E-state index contributed by atoms with van der Waals surface area (Å²) in [6, 6.07) is 4.68. The Hall–Kier alpha value is -3.80. The normalized spacial score (nSPS) is 14.5. The lowest BCUT2D eigenvalue weighted by atomic mass is 10.0. The minimum absolute atomic E-state index is 0.120. The number of aromatic nitrogens is 2. The molecule has 1 heterocycles. The number of alkyl carbamates (subject to hydrolysis) is 1. The lowest BCUT2D eigenvalue weighted by Gasteiger charge is -2.23. The van der Waals surface area contributed by atoms with Crippen LogP contribution >= 0.6 is 0 Å². The van der Waals surface area contributed by atoms with Gasteiger partial charge >= 0.3 is 12.1 Å². The van der Waals surface area contributed by atoms with Crippen molar-refractivity contribution in [3.63, 3.8) is 0 Å². The van der Waals surface area contributed by atoms with E-state index in [4.69, 9.17) is 9.84 Å². The quantitative estimate of drug-likeness (QED) is 0.633. The Labute approximate surface area is 191 Å². The first-order chi connectivity index (χ1) is 15.6. The molecule has 0 radical (unpaired) electrons. The monoisotopic (exact) mass is 459 g/mol. The second-order valence-electron chi connectivity index (χ2n) is 7.78. The number of terminal acetylenes is 1. The first kappa shape index (κ1) is 27.2. The van der Waals surface area contributed by atoms with Crippen LogP contribution in [0.25, 0.3) is 5.57 Å². The minimum Gasteiger partial charge on any atom is -0.481 e. The third kappa shape index (κ3) is 9.47. The van der Waals surface area contributed by atoms with Crippen molar-refractivity contribution in [1.82, 2.24) is 15.3 Å². The molecule has 1 atom stereocenters. The molecular weight excluding hydrogens is 432 g/mol. The predicted octanol–water partition coefficient (Wildman–Crippen LogP) is 4.91. The number of rotatable bonds is 3. The second-order valence-corrected chi connectivity index (χ2v) is 7.78. The van der Waals surface area contributed by atoms with Gasteiger partial charge in [-0.2, -0.15) is 0 Å². The number of benzene rings is 1. The maximum absolute atomic E-state index is 12.0. The number of ether oxygens (including phenoxy) is 1. The summed E-state index contributed by atoms with van der Waals surface area (Å²) in [5.74, 6) is -2.52. The average molecular weight is 459 g/mol. The Balaban J connectivity index is 0.000000454. The number of hydrogen-bond donors (Lipinski definition) is 2. The molecule has 0 saturated heterocycles. The van der Waals surface area contributed by atoms with Gasteiger partial charge in [0.2, 0.25) is 0 Å². The maximum Gasteiger partial charge on any atom is 0.408 e. The summed E-state index contributed by atoms with van der Waals surface area (Å²) in [6.07, 6.45) is 13.5. The van der Waals surface area contributed by atoms with Gasteiger partial charge < -0.3 is 15.2 Å². The number of nitrogens with zero attached hydrogens (tertiary/aromatic N) is 2. The molecule has 7 nitrogen and oxygen atoms in total. The molecular formula is C24H27F2N3O4. The summed E-state index contributed by atoms with van der Waals surface area (Å²) in [6.45, 7) is 5.37. The summed E-state index contributed by atoms with van der Waals surface area (Å²) in [4.78, 5) is 31.6. The zero-order valence-electron chi connectivity index (χ0n) is 18.7. The van der Waals surface area contributed by atoms with Crippen LogP contribution < -0.4 is 5.32 Å². The van der Waals surface area contributed by atoms with Crippen molar-refractivity contribution in [1.29, 1.82) is 0 Å². The van der Waals surface area contributed by atoms with Crippen LogP contribution in [0.2, 0.25) is 0 Å². The number of carbonyl (C=O) groups excluding carboxylic acids is 1. The predicted molar refractivity (Wildman–Crippen MR) is 120 cm³/mol. The lowest BCUT2D eigenvalue weighted by Crippen LogP contribution is -2.35. The van der Waals surface area contributed by atoms with Crippen LogP contribution in [-0.2, 0) is 9.53 Å². The summed E-state index contributed by atoms with van der Waals surface area (Å²) < 4.78 is 29.2. The standard InChI is InChI=1S/C16H21N3O4.C6H4F2.C2H2/c1-16(2,3)23-15(22)19-11-6-4-5-10(9-12(20)21)13-14(11)18-8-7-17-13;7-5-3-1-2-4-6(5)8;1-2/h5,7-8,11H,4,6,9H2,1-3H3,(H,19,22)(H,20,21);1-4H;1-2H/t11-;;/m0../s1. The molecule has 0 fully saturated rings. The highest BCUT2D eigenvalue weighted by Gasteiger charge is 2.26. The van der Waals surface area contributed by atoms with Crippen LogP contribution in [-0.4, -0.2) is 32.7 Å². The maximum atomic E-state index is 12.0. The Morgan fingerprint density at radius 1 is 1.15 bits per heavy atom. The molecule has 1 amide bonds. The topological polar surface area (TPSA) is 101 Å². The van der Waals surface area contributed by atoms with Crippen LogP contribution in [0.15, 0.2) is 42.7 Å². The van der Waals surface area contributed by atoms with Crippen molar-refractivity contribution in [3.8, 4) is 12.8 Å². The summed E-state index contributed by atoms with van der Waals surface area (Å²) in [7, 11) is 0. The van der Waals surface area contributed by atoms with E-state index < -0.39 is 29.3 Å². The first-order valence-corrected chi connectivity index (χ1v) is 10.0. The van der Waals surface area contributed by atoms with Crippen molar-refractivity contribution in [2.75, 3.05) is 0 Å². The molecule has 1 aliphatic rings. The first-order valence-electron chi connectivity index (χ1n) is 10.0. The molecule has 1 aromatic carbocycles. The van der Waals surface area contributed by atoms with E-state index in [2.05, 4.69) is 28.1 Å². The largest absolute Gasteiger partial charge is 0.481 e. The summed E-state index contributed by atoms with van der Waals surface area (Å²) in [5, 5.41) is 11.8. The Morgan fingerprint density at radius 3 is 2.24 bits per heavy atom. The number of fused-ring (bicyclic) bond motifs is 1. The van der Waals surface area contributed by atoms with E-state index in [-0.39, 0.29) is 12.5 Å². The number of nitrogens with one attached hydrogen (secondary N) is 1. The zero-order valence-corrected chi connectivity index (χ0v) is 18.7. The Kier molecular flexibility index (Phi) is 10.7. The average Bonchev–Trinajstić information content (AvgIpc) is 2.90. The van der Waals surface area contributed by atoms with E-state index in [1.807, 2.05) is 6.08 Å². The Bertz CT molecular complexity index is 979. The number of halogens is 2. The van der Waals surface area contributed by atoms with Gasteiger partial charge in [-0.1, -0.05) is 18.2 Å². The van der Waals surface area contributed by atoms with Gasteiger partial charge in [0.1, 0.15) is 5.60 Å². The fourth-order valence-electron chi connectivity index (χ4n) is 2.86. The van der Waals surface area contributed by atoms with Crippen LogP contribution in [0.5, 0.6) is 0 Å². The van der Waals surface area contributed by atoms with E-state index in [9.17, 15) is 18.4 Å². The molecule has 1 aliphatic carbocycles. The second kappa shape index (κ2) is 12.9. The fraction of sp³-hybridized carbons (Fsp3) is 0.333. The molecule has 0 saturated carbocycles. The van der Waals surface area contributed by atoms with Gasteiger partial charge in [0.05, 0.1) is 23.9 Å². The number of carbonyl (C=O) groups is 2. The van der Waals surface area contributed by atoms with Crippen molar-refractivity contribution < 1.29 is 28.2 Å². The molecule has 0 unspecified atom stereocenters. The molecule has 0 spiro atoms. The SMILES string of the molecule is C#C.CC(C)(C)OC(=O)N[C@H]1CCC=C(CC(=O)O)c2nccnc21.Fc1ccccc1F. The number of aliphatic carboxylic acids is 1. The van der Waals surface area contributed by atoms with Gasteiger partial charge in [-0.25, -0.2) is 13.6 Å². The summed E-state index contributed by atoms with van der Waals surface area (Å²) >= 11 is 0. The molecule has 33 heavy (non-hydrogen) atoms.